The van der Waals surface area contributed by atoms with Gasteiger partial charge in [0, 0.05) is 11.3 Å². The molecule has 2 heterocycles. The van der Waals surface area contributed by atoms with Gasteiger partial charge in [0.05, 0.1) is 0 Å². The van der Waals surface area contributed by atoms with E-state index in [9.17, 15) is 23.9 Å². The normalized spacial score (nSPS) is 21.2. The van der Waals surface area contributed by atoms with Crippen LogP contribution in [-0.4, -0.2) is 57.4 Å². The van der Waals surface area contributed by atoms with Crippen LogP contribution in [0.2, 0.25) is 0 Å². The summed E-state index contributed by atoms with van der Waals surface area (Å²) >= 11 is 1.33. The number of hydrogen-bond donors (Lipinski definition) is 2. The Labute approximate surface area is 171 Å². The quantitative estimate of drug-likeness (QED) is 0.699. The number of halogens is 1. The van der Waals surface area contributed by atoms with Gasteiger partial charge in [-0.05, 0) is 45.0 Å². The molecule has 1 aromatic carbocycles. The van der Waals surface area contributed by atoms with Crippen molar-refractivity contribution in [3.63, 3.8) is 0 Å². The molecule has 0 bridgehead atoms. The first-order chi connectivity index (χ1) is 13.6. The van der Waals surface area contributed by atoms with E-state index in [0.717, 1.165) is 4.90 Å². The van der Waals surface area contributed by atoms with Crippen molar-refractivity contribution in [1.82, 2.24) is 10.2 Å². The zero-order chi connectivity index (χ0) is 21.3. The summed E-state index contributed by atoms with van der Waals surface area (Å²) in [6, 6.07) is 4.48. The van der Waals surface area contributed by atoms with Crippen LogP contribution in [0.4, 0.5) is 9.18 Å². The van der Waals surface area contributed by atoms with E-state index in [-0.39, 0.29) is 12.3 Å². The van der Waals surface area contributed by atoms with Gasteiger partial charge in [-0.15, -0.1) is 11.8 Å². The maximum atomic E-state index is 13.0. The summed E-state index contributed by atoms with van der Waals surface area (Å²) in [7, 11) is 0. The highest BCUT2D eigenvalue weighted by atomic mass is 32.2. The van der Waals surface area contributed by atoms with Crippen molar-refractivity contribution >= 4 is 29.7 Å². The van der Waals surface area contributed by atoms with Crippen LogP contribution in [0.25, 0.3) is 0 Å². The van der Waals surface area contributed by atoms with Crippen molar-refractivity contribution in [3.05, 3.63) is 41.4 Å². The van der Waals surface area contributed by atoms with Crippen LogP contribution >= 0.6 is 11.8 Å². The molecule has 1 unspecified atom stereocenters. The zero-order valence-electron chi connectivity index (χ0n) is 16.1. The Morgan fingerprint density at radius 1 is 1.31 bits per heavy atom. The number of alkyl carbamates (subject to hydrolysis) is 1. The molecule has 0 aliphatic carbocycles. The number of aliphatic carboxylic acids is 1. The first-order valence-corrected chi connectivity index (χ1v) is 9.89. The van der Waals surface area contributed by atoms with E-state index in [2.05, 4.69) is 5.32 Å². The summed E-state index contributed by atoms with van der Waals surface area (Å²) in [6.45, 7) is 5.06. The number of benzene rings is 1. The molecule has 10 heteroatoms. The van der Waals surface area contributed by atoms with Crippen LogP contribution in [0.15, 0.2) is 35.5 Å². The minimum absolute atomic E-state index is 0.0546. The summed E-state index contributed by atoms with van der Waals surface area (Å²) in [5, 5.41) is 11.6. The van der Waals surface area contributed by atoms with E-state index in [4.69, 9.17) is 9.47 Å². The minimum atomic E-state index is -1.25. The zero-order valence-corrected chi connectivity index (χ0v) is 16.9. The summed E-state index contributed by atoms with van der Waals surface area (Å²) in [4.78, 5) is 37.4. The van der Waals surface area contributed by atoms with Gasteiger partial charge in [0.25, 0.3) is 5.91 Å². The van der Waals surface area contributed by atoms with Crippen molar-refractivity contribution in [1.29, 1.82) is 0 Å². The number of ether oxygens (including phenoxy) is 2. The van der Waals surface area contributed by atoms with Crippen LogP contribution in [0, 0.1) is 5.82 Å². The van der Waals surface area contributed by atoms with Crippen molar-refractivity contribution in [2.24, 2.45) is 0 Å². The van der Waals surface area contributed by atoms with E-state index in [1.54, 1.807) is 20.8 Å². The molecule has 2 amide bonds. The number of carbonyl (C=O) groups is 3. The van der Waals surface area contributed by atoms with E-state index in [0.29, 0.717) is 17.1 Å². The fraction of sp³-hybridized carbons (Fsp3) is 0.421. The first kappa shape index (κ1) is 21.0. The minimum Gasteiger partial charge on any atom is -0.489 e. The number of nitrogens with one attached hydrogen (secondary N) is 1. The molecule has 1 aromatic rings. The Morgan fingerprint density at radius 3 is 2.55 bits per heavy atom. The molecule has 2 atom stereocenters. The summed E-state index contributed by atoms with van der Waals surface area (Å²) in [6.07, 6.45) is -0.734. The van der Waals surface area contributed by atoms with E-state index in [1.165, 1.54) is 36.0 Å². The van der Waals surface area contributed by atoms with Crippen molar-refractivity contribution in [3.8, 4) is 5.75 Å². The van der Waals surface area contributed by atoms with Gasteiger partial charge >= 0.3 is 12.1 Å². The molecule has 3 rings (SSSR count). The third-order valence-corrected chi connectivity index (χ3v) is 5.49. The topological polar surface area (TPSA) is 105 Å². The smallest absolute Gasteiger partial charge is 0.408 e. The highest BCUT2D eigenvalue weighted by Gasteiger charge is 2.54. The Kier molecular flexibility index (Phi) is 5.74. The predicted octanol–water partition coefficient (Wildman–Crippen LogP) is 2.35. The lowest BCUT2D eigenvalue weighted by Gasteiger charge is -2.49. The number of carbonyl (C=O) groups excluding carboxylic acids is 2. The second-order valence-corrected chi connectivity index (χ2v) is 8.64. The molecule has 0 aromatic heterocycles. The maximum Gasteiger partial charge on any atom is 0.408 e. The molecule has 1 fully saturated rings. The van der Waals surface area contributed by atoms with Gasteiger partial charge < -0.3 is 19.9 Å². The average Bonchev–Trinajstić information content (AvgIpc) is 2.63. The number of rotatable bonds is 5. The number of amides is 2. The average molecular weight is 424 g/mol. The second kappa shape index (κ2) is 7.94. The highest BCUT2D eigenvalue weighted by Crippen LogP contribution is 2.40. The summed E-state index contributed by atoms with van der Waals surface area (Å²) in [5.74, 6) is -1.49. The number of nitrogens with zero attached hydrogens (tertiary/aromatic N) is 1. The number of carboxylic acid groups (broad SMARTS) is 1. The van der Waals surface area contributed by atoms with E-state index in [1.807, 2.05) is 0 Å². The first-order valence-electron chi connectivity index (χ1n) is 8.84. The molecule has 8 nitrogen and oxygen atoms in total. The number of carboxylic acids is 1. The predicted molar refractivity (Wildman–Crippen MR) is 103 cm³/mol. The molecule has 2 N–H and O–H groups in total. The standard InChI is InChI=1S/C19H21FN2O6S/c1-19(2,3)28-18(26)21-13-15(23)22-14(17(24)25)10(9-29-16(13)22)8-27-12-6-4-11(20)5-7-12/h4-7,13,16H,8-9H2,1-3H3,(H,21,26)(H,24,25)/t13?,16-/m0/s1. The van der Waals surface area contributed by atoms with Crippen molar-refractivity contribution in [2.75, 3.05) is 12.4 Å². The van der Waals surface area contributed by atoms with Gasteiger partial charge in [0.2, 0.25) is 0 Å². The Morgan fingerprint density at radius 2 is 1.97 bits per heavy atom. The van der Waals surface area contributed by atoms with E-state index >= 15 is 0 Å². The lowest BCUT2D eigenvalue weighted by Crippen LogP contribution is -2.70. The number of β-lactam (4-membered cyclic amide) rings is 1. The molecule has 2 aliphatic rings. The molecule has 29 heavy (non-hydrogen) atoms. The van der Waals surface area contributed by atoms with Gasteiger partial charge in [-0.25, -0.2) is 14.0 Å². The van der Waals surface area contributed by atoms with Crippen LogP contribution in [-0.2, 0) is 14.3 Å². The Balaban J connectivity index is 1.70. The third kappa shape index (κ3) is 4.64. The number of thioether (sulfide) groups is 1. The van der Waals surface area contributed by atoms with Gasteiger partial charge in [0.1, 0.15) is 40.9 Å². The van der Waals surface area contributed by atoms with E-state index < -0.39 is 40.8 Å². The lowest BCUT2D eigenvalue weighted by atomic mass is 10.0. The monoisotopic (exact) mass is 424 g/mol. The van der Waals surface area contributed by atoms with Crippen LogP contribution in [0.3, 0.4) is 0 Å². The molecule has 0 spiro atoms. The van der Waals surface area contributed by atoms with Crippen molar-refractivity contribution in [2.45, 2.75) is 37.8 Å². The second-order valence-electron chi connectivity index (χ2n) is 7.53. The Bertz CT molecular complexity index is 864. The molecule has 1 saturated heterocycles. The molecular weight excluding hydrogens is 403 g/mol. The number of fused-ring (bicyclic) bond motifs is 1. The van der Waals surface area contributed by atoms with Crippen LogP contribution in [0.5, 0.6) is 5.75 Å². The fourth-order valence-corrected chi connectivity index (χ4v) is 4.26. The van der Waals surface area contributed by atoms with Gasteiger partial charge in [0.15, 0.2) is 0 Å². The van der Waals surface area contributed by atoms with Crippen LogP contribution < -0.4 is 10.1 Å². The summed E-state index contributed by atoms with van der Waals surface area (Å²) < 4.78 is 23.7. The van der Waals surface area contributed by atoms with Crippen molar-refractivity contribution < 1.29 is 33.4 Å². The maximum absolute atomic E-state index is 13.0. The molecule has 0 saturated carbocycles. The van der Waals surface area contributed by atoms with Gasteiger partial charge in [-0.3, -0.25) is 9.69 Å². The van der Waals surface area contributed by atoms with Crippen LogP contribution in [0.1, 0.15) is 20.8 Å². The Hall–Kier alpha value is -2.75. The highest BCUT2D eigenvalue weighted by molar-refractivity contribution is 8.00. The molecular formula is C19H21FN2O6S. The largest absolute Gasteiger partial charge is 0.489 e. The third-order valence-electron chi connectivity index (χ3n) is 4.15. The molecule has 0 radical (unpaired) electrons. The van der Waals surface area contributed by atoms with Gasteiger partial charge in [-0.2, -0.15) is 0 Å². The molecule has 2 aliphatic heterocycles. The summed E-state index contributed by atoms with van der Waals surface area (Å²) in [5.41, 5.74) is -0.442. The SMILES string of the molecule is CC(C)(C)OC(=O)NC1C(=O)N2C(C(=O)O)=C(COc3ccc(F)cc3)CS[C@@H]12. The lowest BCUT2D eigenvalue weighted by molar-refractivity contribution is -0.149. The number of hydrogen-bond acceptors (Lipinski definition) is 6. The van der Waals surface area contributed by atoms with Gasteiger partial charge in [-0.1, -0.05) is 0 Å². The molecule has 156 valence electrons. The fourth-order valence-electron chi connectivity index (χ4n) is 2.93.